The summed E-state index contributed by atoms with van der Waals surface area (Å²) in [7, 11) is 0. The third-order valence-electron chi connectivity index (χ3n) is 4.04. The lowest BCUT2D eigenvalue weighted by Crippen LogP contribution is -2.25. The summed E-state index contributed by atoms with van der Waals surface area (Å²) in [4.78, 5) is 11.6. The van der Waals surface area contributed by atoms with Crippen LogP contribution in [0.4, 0.5) is 0 Å². The Morgan fingerprint density at radius 3 is 2.55 bits per heavy atom. The van der Waals surface area contributed by atoms with Crippen molar-refractivity contribution >= 4 is 17.6 Å². The molecule has 1 saturated carbocycles. The van der Waals surface area contributed by atoms with Crippen LogP contribution >= 0.6 is 11.6 Å². The molecule has 0 aromatic heterocycles. The Labute approximate surface area is 122 Å². The standard InChI is InChI=1S/C15H17ClO4/c1-8(2)11-12(15(3-4-15)14(17)18)9(16)7-10-13(11)20-6-5-19-10/h7-8H,3-6H2,1-2H3,(H,17,18). The Balaban J connectivity index is 2.26. The monoisotopic (exact) mass is 296 g/mol. The molecule has 0 bridgehead atoms. The van der Waals surface area contributed by atoms with Crippen LogP contribution in [-0.2, 0) is 10.2 Å². The Kier molecular flexibility index (Phi) is 3.09. The summed E-state index contributed by atoms with van der Waals surface area (Å²) < 4.78 is 11.3. The fraction of sp³-hybridized carbons (Fsp3) is 0.533. The average Bonchev–Trinajstić information content (AvgIpc) is 3.18. The maximum atomic E-state index is 11.6. The molecule has 1 N–H and O–H groups in total. The molecule has 108 valence electrons. The zero-order valence-corrected chi connectivity index (χ0v) is 12.3. The van der Waals surface area contributed by atoms with E-state index in [4.69, 9.17) is 21.1 Å². The molecule has 3 rings (SSSR count). The summed E-state index contributed by atoms with van der Waals surface area (Å²) >= 11 is 6.38. The summed E-state index contributed by atoms with van der Waals surface area (Å²) in [5.74, 6) is 0.599. The molecule has 20 heavy (non-hydrogen) atoms. The summed E-state index contributed by atoms with van der Waals surface area (Å²) in [6, 6.07) is 1.69. The first kappa shape index (κ1) is 13.6. The van der Waals surface area contributed by atoms with E-state index < -0.39 is 11.4 Å². The van der Waals surface area contributed by atoms with E-state index in [2.05, 4.69) is 0 Å². The maximum absolute atomic E-state index is 11.6. The Hall–Kier alpha value is -1.42. The topological polar surface area (TPSA) is 55.8 Å². The SMILES string of the molecule is CC(C)c1c2c(cc(Cl)c1C1(C(=O)O)CC1)OCCO2. The van der Waals surface area contributed by atoms with E-state index in [9.17, 15) is 9.90 Å². The number of benzene rings is 1. The third-order valence-corrected chi connectivity index (χ3v) is 4.34. The molecular formula is C15H17ClO4. The highest BCUT2D eigenvalue weighted by Crippen LogP contribution is 2.56. The predicted molar refractivity (Wildman–Crippen MR) is 75.1 cm³/mol. The van der Waals surface area contributed by atoms with Gasteiger partial charge in [-0.1, -0.05) is 25.4 Å². The first-order chi connectivity index (χ1) is 9.47. The quantitative estimate of drug-likeness (QED) is 0.929. The van der Waals surface area contributed by atoms with Crippen molar-refractivity contribution in [3.63, 3.8) is 0 Å². The molecular weight excluding hydrogens is 280 g/mol. The summed E-state index contributed by atoms with van der Waals surface area (Å²) in [5.41, 5.74) is 0.755. The fourth-order valence-corrected chi connectivity index (χ4v) is 3.29. The number of hydrogen-bond donors (Lipinski definition) is 1. The molecule has 1 aromatic carbocycles. The second kappa shape index (κ2) is 4.55. The van der Waals surface area contributed by atoms with E-state index in [0.29, 0.717) is 48.1 Å². The number of ether oxygens (including phenoxy) is 2. The van der Waals surface area contributed by atoms with Gasteiger partial charge in [0.25, 0.3) is 0 Å². The number of aliphatic carboxylic acids is 1. The molecule has 0 spiro atoms. The van der Waals surface area contributed by atoms with Crippen molar-refractivity contribution in [1.82, 2.24) is 0 Å². The molecule has 0 radical (unpaired) electrons. The molecule has 2 aliphatic rings. The van der Waals surface area contributed by atoms with Gasteiger partial charge in [0.2, 0.25) is 0 Å². The minimum absolute atomic E-state index is 0.121. The van der Waals surface area contributed by atoms with Crippen molar-refractivity contribution in [1.29, 1.82) is 0 Å². The fourth-order valence-electron chi connectivity index (χ4n) is 2.91. The second-order valence-electron chi connectivity index (χ2n) is 5.71. The zero-order valence-electron chi connectivity index (χ0n) is 11.5. The van der Waals surface area contributed by atoms with E-state index in [1.165, 1.54) is 0 Å². The number of halogens is 1. The second-order valence-corrected chi connectivity index (χ2v) is 6.12. The van der Waals surface area contributed by atoms with Crippen LogP contribution < -0.4 is 9.47 Å². The number of hydrogen-bond acceptors (Lipinski definition) is 3. The van der Waals surface area contributed by atoms with Crippen molar-refractivity contribution in [2.24, 2.45) is 0 Å². The molecule has 1 heterocycles. The van der Waals surface area contributed by atoms with Gasteiger partial charge in [-0.05, 0) is 24.3 Å². The van der Waals surface area contributed by atoms with E-state index in [-0.39, 0.29) is 5.92 Å². The van der Waals surface area contributed by atoms with Crippen LogP contribution in [0.15, 0.2) is 6.07 Å². The molecule has 1 aromatic rings. The highest BCUT2D eigenvalue weighted by molar-refractivity contribution is 6.32. The lowest BCUT2D eigenvalue weighted by atomic mass is 9.85. The number of carboxylic acids is 1. The molecule has 0 amide bonds. The first-order valence-corrected chi connectivity index (χ1v) is 7.21. The van der Waals surface area contributed by atoms with Crippen LogP contribution in [0.1, 0.15) is 43.7 Å². The number of carboxylic acid groups (broad SMARTS) is 1. The van der Waals surface area contributed by atoms with Crippen LogP contribution in [0, 0.1) is 0 Å². The van der Waals surface area contributed by atoms with Gasteiger partial charge >= 0.3 is 5.97 Å². The minimum atomic E-state index is -0.841. The summed E-state index contributed by atoms with van der Waals surface area (Å²) in [6.45, 7) is 5.01. The maximum Gasteiger partial charge on any atom is 0.314 e. The van der Waals surface area contributed by atoms with Gasteiger partial charge in [0.15, 0.2) is 11.5 Å². The van der Waals surface area contributed by atoms with E-state index in [1.54, 1.807) is 6.07 Å². The number of rotatable bonds is 3. The molecule has 0 unspecified atom stereocenters. The molecule has 1 aliphatic heterocycles. The Bertz CT molecular complexity index is 576. The van der Waals surface area contributed by atoms with Crippen LogP contribution in [0.3, 0.4) is 0 Å². The van der Waals surface area contributed by atoms with Crippen LogP contribution in [0.25, 0.3) is 0 Å². The highest BCUT2D eigenvalue weighted by Gasteiger charge is 2.55. The van der Waals surface area contributed by atoms with Gasteiger partial charge in [-0.15, -0.1) is 0 Å². The summed E-state index contributed by atoms with van der Waals surface area (Å²) in [5, 5.41) is 10.0. The van der Waals surface area contributed by atoms with Crippen molar-refractivity contribution in [2.45, 2.75) is 38.0 Å². The Morgan fingerprint density at radius 2 is 2.00 bits per heavy atom. The van der Waals surface area contributed by atoms with Crippen molar-refractivity contribution in [2.75, 3.05) is 13.2 Å². The molecule has 0 saturated heterocycles. The average molecular weight is 297 g/mol. The van der Waals surface area contributed by atoms with E-state index >= 15 is 0 Å². The van der Waals surface area contributed by atoms with E-state index in [0.717, 1.165) is 5.56 Å². The highest BCUT2D eigenvalue weighted by atomic mass is 35.5. The van der Waals surface area contributed by atoms with Crippen molar-refractivity contribution < 1.29 is 19.4 Å². The van der Waals surface area contributed by atoms with Crippen LogP contribution in [-0.4, -0.2) is 24.3 Å². The van der Waals surface area contributed by atoms with Crippen molar-refractivity contribution in [3.8, 4) is 11.5 Å². The minimum Gasteiger partial charge on any atom is -0.486 e. The smallest absolute Gasteiger partial charge is 0.314 e. The molecule has 1 fully saturated rings. The third kappa shape index (κ3) is 1.85. The van der Waals surface area contributed by atoms with Gasteiger partial charge in [0.05, 0.1) is 5.41 Å². The first-order valence-electron chi connectivity index (χ1n) is 6.83. The molecule has 1 aliphatic carbocycles. The normalized spacial score (nSPS) is 19.0. The molecule has 0 atom stereocenters. The largest absolute Gasteiger partial charge is 0.486 e. The predicted octanol–water partition coefficient (Wildman–Crippen LogP) is 3.35. The lowest BCUT2D eigenvalue weighted by Gasteiger charge is -2.28. The molecule has 5 heteroatoms. The van der Waals surface area contributed by atoms with Gasteiger partial charge in [0.1, 0.15) is 13.2 Å². The van der Waals surface area contributed by atoms with Gasteiger partial charge in [-0.25, -0.2) is 0 Å². The number of fused-ring (bicyclic) bond motifs is 1. The zero-order chi connectivity index (χ0) is 14.5. The van der Waals surface area contributed by atoms with Gasteiger partial charge in [-0.3, -0.25) is 4.79 Å². The van der Waals surface area contributed by atoms with Crippen molar-refractivity contribution in [3.05, 3.63) is 22.2 Å². The lowest BCUT2D eigenvalue weighted by molar-refractivity contribution is -0.140. The molecule has 4 nitrogen and oxygen atoms in total. The Morgan fingerprint density at radius 1 is 1.35 bits per heavy atom. The summed E-state index contributed by atoms with van der Waals surface area (Å²) in [6.07, 6.45) is 1.25. The van der Waals surface area contributed by atoms with Crippen LogP contribution in [0.5, 0.6) is 11.5 Å². The van der Waals surface area contributed by atoms with E-state index in [1.807, 2.05) is 13.8 Å². The van der Waals surface area contributed by atoms with Gasteiger partial charge in [-0.2, -0.15) is 0 Å². The number of carbonyl (C=O) groups is 1. The van der Waals surface area contributed by atoms with Gasteiger partial charge in [0, 0.05) is 16.7 Å². The van der Waals surface area contributed by atoms with Gasteiger partial charge < -0.3 is 14.6 Å². The van der Waals surface area contributed by atoms with Crippen LogP contribution in [0.2, 0.25) is 5.02 Å².